The number of nitrogens with one attached hydrogen (secondary N) is 2. The Hall–Kier alpha value is -2.15. The molecule has 0 aliphatic heterocycles. The van der Waals surface area contributed by atoms with Crippen molar-refractivity contribution < 1.29 is 19.1 Å². The fourth-order valence-corrected chi connectivity index (χ4v) is 1.29. The van der Waals surface area contributed by atoms with Crippen LogP contribution in [0.25, 0.3) is 0 Å². The van der Waals surface area contributed by atoms with Crippen molar-refractivity contribution in [2.45, 2.75) is 6.42 Å². The number of benzene rings is 1. The lowest BCUT2D eigenvalue weighted by Crippen LogP contribution is -2.31. The first kappa shape index (κ1) is 13.9. The van der Waals surface area contributed by atoms with Crippen molar-refractivity contribution in [2.24, 2.45) is 5.73 Å². The van der Waals surface area contributed by atoms with Gasteiger partial charge in [0.2, 0.25) is 0 Å². The van der Waals surface area contributed by atoms with Crippen LogP contribution in [0.1, 0.15) is 16.8 Å². The first-order chi connectivity index (χ1) is 8.56. The summed E-state index contributed by atoms with van der Waals surface area (Å²) in [6.07, 6.45) is 0.580. The van der Waals surface area contributed by atoms with Gasteiger partial charge in [0.25, 0.3) is 0 Å². The number of rotatable bonds is 5. The summed E-state index contributed by atoms with van der Waals surface area (Å²) in [5, 5.41) is 13.5. The van der Waals surface area contributed by atoms with Crippen LogP contribution >= 0.6 is 0 Å². The van der Waals surface area contributed by atoms with Gasteiger partial charge in [0, 0.05) is 6.54 Å². The number of carbonyl (C=O) groups excluding carboxylic acids is 1. The van der Waals surface area contributed by atoms with E-state index in [1.807, 2.05) is 0 Å². The zero-order valence-electron chi connectivity index (χ0n) is 9.57. The molecule has 1 aromatic rings. The summed E-state index contributed by atoms with van der Waals surface area (Å²) in [6, 6.07) is 2.87. The number of para-hydroxylation sites is 1. The fourth-order valence-electron chi connectivity index (χ4n) is 1.29. The molecule has 0 aliphatic rings. The van der Waals surface area contributed by atoms with E-state index in [9.17, 15) is 14.0 Å². The van der Waals surface area contributed by atoms with Crippen molar-refractivity contribution >= 4 is 17.7 Å². The number of urea groups is 1. The van der Waals surface area contributed by atoms with Gasteiger partial charge in [0.15, 0.2) is 0 Å². The van der Waals surface area contributed by atoms with Gasteiger partial charge in [-0.25, -0.2) is 14.0 Å². The Morgan fingerprint density at radius 2 is 2.11 bits per heavy atom. The van der Waals surface area contributed by atoms with E-state index < -0.39 is 17.8 Å². The molecule has 5 N–H and O–H groups in total. The number of amides is 2. The van der Waals surface area contributed by atoms with Crippen LogP contribution in [0.5, 0.6) is 0 Å². The van der Waals surface area contributed by atoms with Gasteiger partial charge in [0.1, 0.15) is 5.82 Å². The van der Waals surface area contributed by atoms with Gasteiger partial charge in [-0.1, -0.05) is 6.07 Å². The molecule has 0 saturated heterocycles. The van der Waals surface area contributed by atoms with Crippen molar-refractivity contribution in [3.05, 3.63) is 29.6 Å². The molecule has 0 spiro atoms. The average Bonchev–Trinajstić information content (AvgIpc) is 2.31. The largest absolute Gasteiger partial charge is 0.478 e. The van der Waals surface area contributed by atoms with Crippen LogP contribution in [-0.4, -0.2) is 30.2 Å². The van der Waals surface area contributed by atoms with E-state index in [4.69, 9.17) is 10.8 Å². The monoisotopic (exact) mass is 255 g/mol. The van der Waals surface area contributed by atoms with Crippen LogP contribution < -0.4 is 16.4 Å². The van der Waals surface area contributed by atoms with Crippen LogP contribution in [-0.2, 0) is 0 Å². The number of anilines is 1. The summed E-state index contributed by atoms with van der Waals surface area (Å²) >= 11 is 0. The second-order valence-electron chi connectivity index (χ2n) is 3.49. The zero-order valence-corrected chi connectivity index (χ0v) is 9.57. The highest BCUT2D eigenvalue weighted by atomic mass is 19.1. The van der Waals surface area contributed by atoms with E-state index in [1.54, 1.807) is 0 Å². The van der Waals surface area contributed by atoms with E-state index >= 15 is 0 Å². The van der Waals surface area contributed by atoms with Crippen LogP contribution in [0.2, 0.25) is 0 Å². The molecule has 1 rings (SSSR count). The third-order valence-electron chi connectivity index (χ3n) is 2.15. The highest BCUT2D eigenvalue weighted by Crippen LogP contribution is 2.19. The molecule has 0 saturated carbocycles. The van der Waals surface area contributed by atoms with Gasteiger partial charge in [-0.05, 0) is 25.1 Å². The Kier molecular flexibility index (Phi) is 5.06. The molecule has 0 aliphatic carbocycles. The maximum absolute atomic E-state index is 13.4. The molecule has 2 amide bonds. The first-order valence-corrected chi connectivity index (χ1v) is 5.33. The molecule has 98 valence electrons. The minimum absolute atomic E-state index is 0.302. The Labute approximate surface area is 103 Å². The molecule has 0 bridgehead atoms. The summed E-state index contributed by atoms with van der Waals surface area (Å²) in [6.45, 7) is 0.750. The average molecular weight is 255 g/mol. The van der Waals surface area contributed by atoms with Crippen LogP contribution in [0.15, 0.2) is 18.2 Å². The van der Waals surface area contributed by atoms with Crippen LogP contribution in [0.4, 0.5) is 14.9 Å². The summed E-state index contributed by atoms with van der Waals surface area (Å²) in [5.41, 5.74) is 4.59. The normalized spacial score (nSPS) is 9.89. The van der Waals surface area contributed by atoms with Gasteiger partial charge < -0.3 is 21.5 Å². The smallest absolute Gasteiger partial charge is 0.337 e. The van der Waals surface area contributed by atoms with E-state index in [1.165, 1.54) is 12.1 Å². The molecule has 6 nitrogen and oxygen atoms in total. The Morgan fingerprint density at radius 1 is 1.39 bits per heavy atom. The zero-order chi connectivity index (χ0) is 13.5. The Balaban J connectivity index is 2.77. The SMILES string of the molecule is NCCCNC(=O)Nc1c(F)cccc1C(=O)O. The van der Waals surface area contributed by atoms with Crippen molar-refractivity contribution in [1.82, 2.24) is 5.32 Å². The fraction of sp³-hybridized carbons (Fsp3) is 0.273. The number of aromatic carboxylic acids is 1. The predicted molar refractivity (Wildman–Crippen MR) is 64.1 cm³/mol. The number of carboxylic acids is 1. The maximum Gasteiger partial charge on any atom is 0.337 e. The molecular formula is C11H14FN3O3. The second kappa shape index (κ2) is 6.55. The second-order valence-corrected chi connectivity index (χ2v) is 3.49. The van der Waals surface area contributed by atoms with Gasteiger partial charge in [-0.15, -0.1) is 0 Å². The third kappa shape index (κ3) is 3.70. The number of carboxylic acid groups (broad SMARTS) is 1. The lowest BCUT2D eigenvalue weighted by molar-refractivity contribution is 0.0697. The topological polar surface area (TPSA) is 104 Å². The minimum atomic E-state index is -1.31. The van der Waals surface area contributed by atoms with Gasteiger partial charge in [-0.2, -0.15) is 0 Å². The van der Waals surface area contributed by atoms with Crippen LogP contribution in [0.3, 0.4) is 0 Å². The van der Waals surface area contributed by atoms with Crippen molar-refractivity contribution in [3.8, 4) is 0 Å². The summed E-state index contributed by atoms with van der Waals surface area (Å²) in [4.78, 5) is 22.3. The van der Waals surface area contributed by atoms with Crippen molar-refractivity contribution in [2.75, 3.05) is 18.4 Å². The number of nitrogens with two attached hydrogens (primary N) is 1. The van der Waals surface area contributed by atoms with E-state index in [0.717, 1.165) is 6.07 Å². The van der Waals surface area contributed by atoms with Crippen LogP contribution in [0, 0.1) is 5.82 Å². The number of hydrogen-bond acceptors (Lipinski definition) is 3. The molecule has 0 radical (unpaired) electrons. The highest BCUT2D eigenvalue weighted by molar-refractivity contribution is 6.00. The van der Waals surface area contributed by atoms with Gasteiger partial charge >= 0.3 is 12.0 Å². The Morgan fingerprint density at radius 3 is 2.72 bits per heavy atom. The van der Waals surface area contributed by atoms with E-state index in [-0.39, 0.29) is 11.3 Å². The predicted octanol–water partition coefficient (Wildman–Crippen LogP) is 0.994. The molecule has 0 heterocycles. The molecular weight excluding hydrogens is 241 g/mol. The van der Waals surface area contributed by atoms with Gasteiger partial charge in [0.05, 0.1) is 11.3 Å². The van der Waals surface area contributed by atoms with E-state index in [0.29, 0.717) is 19.5 Å². The molecule has 0 aromatic heterocycles. The quantitative estimate of drug-likeness (QED) is 0.589. The molecule has 7 heteroatoms. The molecule has 0 unspecified atom stereocenters. The van der Waals surface area contributed by atoms with Crippen molar-refractivity contribution in [3.63, 3.8) is 0 Å². The number of carbonyl (C=O) groups is 2. The summed E-state index contributed by atoms with van der Waals surface area (Å²) in [5.74, 6) is -2.12. The first-order valence-electron chi connectivity index (χ1n) is 5.33. The molecule has 1 aromatic carbocycles. The van der Waals surface area contributed by atoms with Crippen molar-refractivity contribution in [1.29, 1.82) is 0 Å². The Bertz CT molecular complexity index is 451. The van der Waals surface area contributed by atoms with E-state index in [2.05, 4.69) is 10.6 Å². The minimum Gasteiger partial charge on any atom is -0.478 e. The number of hydrogen-bond donors (Lipinski definition) is 4. The summed E-state index contributed by atoms with van der Waals surface area (Å²) < 4.78 is 13.4. The van der Waals surface area contributed by atoms with Gasteiger partial charge in [-0.3, -0.25) is 0 Å². The standard InChI is InChI=1S/C11H14FN3O3/c12-8-4-1-3-7(10(16)17)9(8)15-11(18)14-6-2-5-13/h1,3-4H,2,5-6,13H2,(H,16,17)(H2,14,15,18). The third-order valence-corrected chi connectivity index (χ3v) is 2.15. The molecule has 0 atom stereocenters. The number of halogens is 1. The maximum atomic E-state index is 13.4. The lowest BCUT2D eigenvalue weighted by atomic mass is 10.1. The lowest BCUT2D eigenvalue weighted by Gasteiger charge is -2.10. The molecule has 18 heavy (non-hydrogen) atoms. The highest BCUT2D eigenvalue weighted by Gasteiger charge is 2.16. The molecule has 0 fully saturated rings. The summed E-state index contributed by atoms with van der Waals surface area (Å²) in [7, 11) is 0.